The van der Waals surface area contributed by atoms with Crippen LogP contribution in [0.5, 0.6) is 0 Å². The third-order valence-electron chi connectivity index (χ3n) is 1.79. The minimum Gasteiger partial charge on any atom is -0.506 e. The first-order valence-corrected chi connectivity index (χ1v) is 5.59. The minimum absolute atomic E-state index is 0.773. The van der Waals surface area contributed by atoms with Crippen molar-refractivity contribution in [3.05, 3.63) is 11.5 Å². The summed E-state index contributed by atoms with van der Waals surface area (Å²) in [5.41, 5.74) is 0. The third-order valence-corrected chi connectivity index (χ3v) is 2.26. The predicted molar refractivity (Wildman–Crippen MR) is 47.2 cm³/mol. The Labute approximate surface area is 89.4 Å². The molecule has 16 heavy (non-hydrogen) atoms. The number of aliphatic hydroxyl groups is 4. The summed E-state index contributed by atoms with van der Waals surface area (Å²) < 4.78 is 19.1. The van der Waals surface area contributed by atoms with Gasteiger partial charge in [0.05, 0.1) is 6.61 Å². The molecule has 94 valence electrons. The molecule has 6 N–H and O–H groups in total. The highest BCUT2D eigenvalue weighted by molar-refractivity contribution is 7.46. The van der Waals surface area contributed by atoms with Crippen LogP contribution in [0.4, 0.5) is 0 Å². The van der Waals surface area contributed by atoms with Gasteiger partial charge in [-0.2, -0.15) is 0 Å². The monoisotopic (exact) mass is 258 g/mol. The number of phosphoric acid groups is 1. The Morgan fingerprint density at radius 3 is 2.38 bits per heavy atom. The standard InChI is InChI=1S/C6H11O9P/c7-1-2(8)5-3(9)4(10)6(14-5)15-16(11,12)13/h2,5-10H,1H2,(H2,11,12,13). The maximum atomic E-state index is 10.5. The van der Waals surface area contributed by atoms with E-state index in [1.54, 1.807) is 0 Å². The molecule has 9 nitrogen and oxygen atoms in total. The predicted octanol–water partition coefficient (Wildman–Crippen LogP) is -1.50. The van der Waals surface area contributed by atoms with Gasteiger partial charge in [0, 0.05) is 0 Å². The lowest BCUT2D eigenvalue weighted by molar-refractivity contribution is -0.129. The lowest BCUT2D eigenvalue weighted by Crippen LogP contribution is -2.32. The highest BCUT2D eigenvalue weighted by Gasteiger charge is 2.42. The van der Waals surface area contributed by atoms with Gasteiger partial charge >= 0.3 is 7.82 Å². The summed E-state index contributed by atoms with van der Waals surface area (Å²) in [6, 6.07) is 0. The molecule has 0 aliphatic carbocycles. The maximum absolute atomic E-state index is 10.5. The molecule has 0 spiro atoms. The molecule has 0 radical (unpaired) electrons. The van der Waals surface area contributed by atoms with Gasteiger partial charge in [-0.3, -0.25) is 0 Å². The van der Waals surface area contributed by atoms with E-state index in [0.29, 0.717) is 0 Å². The van der Waals surface area contributed by atoms with Gasteiger partial charge in [0.15, 0.2) is 11.5 Å². The van der Waals surface area contributed by atoms with Crippen molar-refractivity contribution in [1.82, 2.24) is 0 Å². The van der Waals surface area contributed by atoms with Crippen LogP contribution in [0, 0.1) is 0 Å². The zero-order valence-electron chi connectivity index (χ0n) is 7.79. The summed E-state index contributed by atoms with van der Waals surface area (Å²) >= 11 is 0. The van der Waals surface area contributed by atoms with Gasteiger partial charge in [0.2, 0.25) is 6.29 Å². The largest absolute Gasteiger partial charge is 0.506 e. The summed E-state index contributed by atoms with van der Waals surface area (Å²) in [7, 11) is -4.92. The van der Waals surface area contributed by atoms with E-state index in [2.05, 4.69) is 9.26 Å². The zero-order valence-corrected chi connectivity index (χ0v) is 8.69. The molecule has 0 fully saturated rings. The summed E-state index contributed by atoms with van der Waals surface area (Å²) in [6.45, 7) is -0.773. The van der Waals surface area contributed by atoms with Crippen LogP contribution in [-0.2, 0) is 13.8 Å². The van der Waals surface area contributed by atoms with E-state index in [9.17, 15) is 14.8 Å². The average molecular weight is 258 g/mol. The van der Waals surface area contributed by atoms with Crippen LogP contribution in [0.1, 0.15) is 0 Å². The van der Waals surface area contributed by atoms with Gasteiger partial charge in [-0.25, -0.2) is 9.09 Å². The SMILES string of the molecule is O=P(O)(O)OC1OC(C(O)CO)C(O)=C1O. The number of hydrogen-bond acceptors (Lipinski definition) is 7. The van der Waals surface area contributed by atoms with Crippen LogP contribution in [0.2, 0.25) is 0 Å². The molecule has 0 aromatic carbocycles. The van der Waals surface area contributed by atoms with Crippen LogP contribution in [0.25, 0.3) is 0 Å². The highest BCUT2D eigenvalue weighted by Crippen LogP contribution is 2.42. The second-order valence-electron chi connectivity index (χ2n) is 3.00. The van der Waals surface area contributed by atoms with Crippen molar-refractivity contribution in [2.24, 2.45) is 0 Å². The summed E-state index contributed by atoms with van der Waals surface area (Å²) in [5, 5.41) is 36.1. The van der Waals surface area contributed by atoms with Gasteiger partial charge in [0.25, 0.3) is 0 Å². The molecule has 1 heterocycles. The Kier molecular flexibility index (Phi) is 3.92. The minimum atomic E-state index is -4.92. The van der Waals surface area contributed by atoms with Crippen LogP contribution in [-0.4, -0.2) is 55.3 Å². The van der Waals surface area contributed by atoms with Crippen molar-refractivity contribution in [1.29, 1.82) is 0 Å². The summed E-state index contributed by atoms with van der Waals surface area (Å²) in [6.07, 6.45) is -4.93. The molecule has 3 unspecified atom stereocenters. The Morgan fingerprint density at radius 2 is 1.94 bits per heavy atom. The first-order valence-electron chi connectivity index (χ1n) is 4.06. The normalized spacial score (nSPS) is 28.5. The Balaban J connectivity index is 2.78. The lowest BCUT2D eigenvalue weighted by atomic mass is 10.2. The van der Waals surface area contributed by atoms with E-state index in [0.717, 1.165) is 0 Å². The van der Waals surface area contributed by atoms with E-state index in [1.807, 2.05) is 0 Å². The first kappa shape index (κ1) is 13.4. The topological polar surface area (TPSA) is 157 Å². The molecule has 1 rings (SSSR count). The first-order chi connectivity index (χ1) is 7.26. The fourth-order valence-electron chi connectivity index (χ4n) is 1.10. The number of rotatable bonds is 4. The average Bonchev–Trinajstić information content (AvgIpc) is 2.43. The quantitative estimate of drug-likeness (QED) is 0.330. The fraction of sp³-hybridized carbons (Fsp3) is 0.667. The lowest BCUT2D eigenvalue weighted by Gasteiger charge is -2.17. The van der Waals surface area contributed by atoms with Gasteiger partial charge in [0.1, 0.15) is 12.2 Å². The van der Waals surface area contributed by atoms with Crippen molar-refractivity contribution in [3.8, 4) is 0 Å². The van der Waals surface area contributed by atoms with E-state index in [-0.39, 0.29) is 0 Å². The second kappa shape index (κ2) is 4.68. The summed E-state index contributed by atoms with van der Waals surface area (Å²) in [5.74, 6) is -1.80. The summed E-state index contributed by atoms with van der Waals surface area (Å²) in [4.78, 5) is 16.9. The van der Waals surface area contributed by atoms with E-state index in [4.69, 9.17) is 20.0 Å². The Morgan fingerprint density at radius 1 is 1.38 bits per heavy atom. The Bertz CT molecular complexity index is 333. The van der Waals surface area contributed by atoms with Crippen LogP contribution in [0.15, 0.2) is 11.5 Å². The Hall–Kier alpha value is -0.670. The van der Waals surface area contributed by atoms with Crippen LogP contribution >= 0.6 is 7.82 Å². The molecule has 3 atom stereocenters. The smallest absolute Gasteiger partial charge is 0.472 e. The number of aliphatic hydroxyl groups excluding tert-OH is 4. The van der Waals surface area contributed by atoms with Gasteiger partial charge in [-0.15, -0.1) is 0 Å². The molecule has 0 aromatic rings. The van der Waals surface area contributed by atoms with Crippen molar-refractivity contribution in [3.63, 3.8) is 0 Å². The maximum Gasteiger partial charge on any atom is 0.472 e. The van der Waals surface area contributed by atoms with Gasteiger partial charge in [-0.05, 0) is 0 Å². The fourth-order valence-corrected chi connectivity index (χ4v) is 1.50. The molecular weight excluding hydrogens is 247 g/mol. The molecular formula is C6H11O9P. The van der Waals surface area contributed by atoms with Crippen LogP contribution in [0.3, 0.4) is 0 Å². The van der Waals surface area contributed by atoms with Gasteiger partial charge < -0.3 is 34.9 Å². The van der Waals surface area contributed by atoms with Crippen LogP contribution < -0.4 is 0 Å². The number of hydrogen-bond donors (Lipinski definition) is 6. The van der Waals surface area contributed by atoms with Gasteiger partial charge in [-0.1, -0.05) is 0 Å². The molecule has 0 amide bonds. The molecule has 0 aromatic heterocycles. The molecule has 1 aliphatic heterocycles. The number of ether oxygens (including phenoxy) is 1. The zero-order chi connectivity index (χ0) is 12.5. The molecule has 10 heteroatoms. The van der Waals surface area contributed by atoms with E-state index < -0.39 is 44.4 Å². The van der Waals surface area contributed by atoms with Crippen molar-refractivity contribution >= 4 is 7.82 Å². The molecule has 0 bridgehead atoms. The number of phosphoric ester groups is 1. The van der Waals surface area contributed by atoms with Crippen molar-refractivity contribution < 1.29 is 44.0 Å². The van der Waals surface area contributed by atoms with E-state index in [1.165, 1.54) is 0 Å². The molecule has 1 aliphatic rings. The van der Waals surface area contributed by atoms with Crippen molar-refractivity contribution in [2.75, 3.05) is 6.61 Å². The highest BCUT2D eigenvalue weighted by atomic mass is 31.2. The molecule has 0 saturated carbocycles. The van der Waals surface area contributed by atoms with E-state index >= 15 is 0 Å². The van der Waals surface area contributed by atoms with Crippen molar-refractivity contribution in [2.45, 2.75) is 18.5 Å². The second-order valence-corrected chi connectivity index (χ2v) is 4.20. The molecule has 0 saturated heterocycles. The third kappa shape index (κ3) is 2.92.